The first-order valence-electron chi connectivity index (χ1n) is 6.89. The highest BCUT2D eigenvalue weighted by atomic mass is 35.5. The van der Waals surface area contributed by atoms with Crippen LogP contribution in [0.4, 0.5) is 0 Å². The molecule has 3 rings (SSSR count). The van der Waals surface area contributed by atoms with E-state index in [1.54, 1.807) is 0 Å². The van der Waals surface area contributed by atoms with Crippen LogP contribution in [0.25, 0.3) is 0 Å². The lowest BCUT2D eigenvalue weighted by atomic mass is 10.0. The van der Waals surface area contributed by atoms with E-state index in [9.17, 15) is 0 Å². The Bertz CT molecular complexity index is 389. The zero-order chi connectivity index (χ0) is 12.4. The molecular formula is C14H22Cl3N3. The minimum absolute atomic E-state index is 0. The molecule has 0 spiro atoms. The van der Waals surface area contributed by atoms with Gasteiger partial charge in [0.1, 0.15) is 5.15 Å². The van der Waals surface area contributed by atoms with Gasteiger partial charge in [0.15, 0.2) is 0 Å². The molecule has 1 aliphatic heterocycles. The summed E-state index contributed by atoms with van der Waals surface area (Å²) in [6.45, 7) is 4.48. The van der Waals surface area contributed by atoms with E-state index in [1.807, 2.05) is 12.3 Å². The molecule has 3 nitrogen and oxygen atoms in total. The van der Waals surface area contributed by atoms with Gasteiger partial charge in [0.05, 0.1) is 0 Å². The number of hydrogen-bond acceptors (Lipinski definition) is 3. The number of halogens is 3. The predicted molar refractivity (Wildman–Crippen MR) is 88.3 cm³/mol. The summed E-state index contributed by atoms with van der Waals surface area (Å²) in [5.41, 5.74) is 1.33. The zero-order valence-electron chi connectivity index (χ0n) is 11.4. The Labute approximate surface area is 138 Å². The number of nitrogens with zero attached hydrogens (tertiary/aromatic N) is 2. The SMILES string of the molecule is Cl.Cl.Clc1ccc([C@@H](CC2CC2)N2CCNCC2)cn1. The summed E-state index contributed by atoms with van der Waals surface area (Å²) in [6, 6.07) is 4.59. The number of pyridine rings is 1. The van der Waals surface area contributed by atoms with Crippen molar-refractivity contribution in [2.24, 2.45) is 5.92 Å². The Kier molecular flexibility index (Phi) is 7.56. The molecule has 0 amide bonds. The molecule has 1 aliphatic carbocycles. The molecule has 0 bridgehead atoms. The summed E-state index contributed by atoms with van der Waals surface area (Å²) in [5.74, 6) is 0.931. The van der Waals surface area contributed by atoms with Gasteiger partial charge in [-0.25, -0.2) is 4.98 Å². The van der Waals surface area contributed by atoms with E-state index >= 15 is 0 Å². The van der Waals surface area contributed by atoms with E-state index in [2.05, 4.69) is 21.3 Å². The Morgan fingerprint density at radius 1 is 1.25 bits per heavy atom. The van der Waals surface area contributed by atoms with Crippen molar-refractivity contribution >= 4 is 36.4 Å². The molecule has 0 radical (unpaired) electrons. The smallest absolute Gasteiger partial charge is 0.129 e. The number of aromatic nitrogens is 1. The Morgan fingerprint density at radius 3 is 2.50 bits per heavy atom. The summed E-state index contributed by atoms with van der Waals surface area (Å²) in [6.07, 6.45) is 6.05. The fourth-order valence-corrected chi connectivity index (χ4v) is 2.86. The van der Waals surface area contributed by atoms with Gasteiger partial charge in [-0.2, -0.15) is 0 Å². The van der Waals surface area contributed by atoms with Crippen LogP contribution in [-0.4, -0.2) is 36.1 Å². The molecule has 1 atom stereocenters. The first-order chi connectivity index (χ1) is 8.83. The van der Waals surface area contributed by atoms with E-state index in [0.717, 1.165) is 32.1 Å². The van der Waals surface area contributed by atoms with Gasteiger partial charge < -0.3 is 5.32 Å². The molecule has 1 saturated carbocycles. The molecule has 2 aliphatic rings. The summed E-state index contributed by atoms with van der Waals surface area (Å²) in [5, 5.41) is 4.01. The van der Waals surface area contributed by atoms with Gasteiger partial charge in [0.25, 0.3) is 0 Å². The molecular weight excluding hydrogens is 317 g/mol. The van der Waals surface area contributed by atoms with Gasteiger partial charge in [-0.1, -0.05) is 30.5 Å². The van der Waals surface area contributed by atoms with Crippen LogP contribution in [-0.2, 0) is 0 Å². The van der Waals surface area contributed by atoms with Crippen molar-refractivity contribution in [2.45, 2.75) is 25.3 Å². The van der Waals surface area contributed by atoms with Crippen LogP contribution < -0.4 is 5.32 Å². The van der Waals surface area contributed by atoms with Crippen LogP contribution in [0.3, 0.4) is 0 Å². The number of rotatable bonds is 4. The molecule has 6 heteroatoms. The van der Waals surface area contributed by atoms with Gasteiger partial charge in [0.2, 0.25) is 0 Å². The molecule has 20 heavy (non-hydrogen) atoms. The average molecular weight is 339 g/mol. The van der Waals surface area contributed by atoms with E-state index in [0.29, 0.717) is 11.2 Å². The van der Waals surface area contributed by atoms with Crippen molar-refractivity contribution < 1.29 is 0 Å². The van der Waals surface area contributed by atoms with Crippen LogP contribution in [0.1, 0.15) is 30.9 Å². The molecule has 2 heterocycles. The quantitative estimate of drug-likeness (QED) is 0.854. The predicted octanol–water partition coefficient (Wildman–Crippen LogP) is 3.33. The highest BCUT2D eigenvalue weighted by Gasteiger charge is 2.30. The van der Waals surface area contributed by atoms with Crippen LogP contribution in [0, 0.1) is 5.92 Å². The minimum atomic E-state index is 0. The summed E-state index contributed by atoms with van der Waals surface area (Å²) < 4.78 is 0. The van der Waals surface area contributed by atoms with E-state index < -0.39 is 0 Å². The lowest BCUT2D eigenvalue weighted by Gasteiger charge is -2.35. The minimum Gasteiger partial charge on any atom is -0.314 e. The Morgan fingerprint density at radius 2 is 1.95 bits per heavy atom. The van der Waals surface area contributed by atoms with Crippen molar-refractivity contribution in [1.29, 1.82) is 0 Å². The van der Waals surface area contributed by atoms with E-state index in [4.69, 9.17) is 11.6 Å². The summed E-state index contributed by atoms with van der Waals surface area (Å²) in [4.78, 5) is 6.84. The van der Waals surface area contributed by atoms with Gasteiger partial charge >= 0.3 is 0 Å². The zero-order valence-corrected chi connectivity index (χ0v) is 13.8. The van der Waals surface area contributed by atoms with E-state index in [-0.39, 0.29) is 24.8 Å². The molecule has 0 aromatic carbocycles. The lowest BCUT2D eigenvalue weighted by Crippen LogP contribution is -2.45. The maximum Gasteiger partial charge on any atom is 0.129 e. The third kappa shape index (κ3) is 4.74. The normalized spacial score (nSPS) is 20.6. The maximum absolute atomic E-state index is 5.89. The van der Waals surface area contributed by atoms with Crippen LogP contribution in [0.15, 0.2) is 18.3 Å². The van der Waals surface area contributed by atoms with Gasteiger partial charge in [0, 0.05) is 38.4 Å². The average Bonchev–Trinajstić information content (AvgIpc) is 3.22. The first-order valence-corrected chi connectivity index (χ1v) is 7.27. The van der Waals surface area contributed by atoms with Crippen molar-refractivity contribution in [3.63, 3.8) is 0 Å². The van der Waals surface area contributed by atoms with Gasteiger partial charge in [-0.3, -0.25) is 4.90 Å². The molecule has 0 unspecified atom stereocenters. The van der Waals surface area contributed by atoms with Crippen molar-refractivity contribution in [1.82, 2.24) is 15.2 Å². The summed E-state index contributed by atoms with van der Waals surface area (Å²) >= 11 is 5.89. The monoisotopic (exact) mass is 337 g/mol. The lowest BCUT2D eigenvalue weighted by molar-refractivity contribution is 0.160. The molecule has 1 N–H and O–H groups in total. The molecule has 1 aromatic rings. The van der Waals surface area contributed by atoms with Crippen LogP contribution in [0.5, 0.6) is 0 Å². The maximum atomic E-state index is 5.89. The molecule has 1 aromatic heterocycles. The third-order valence-corrected chi connectivity index (χ3v) is 4.20. The van der Waals surface area contributed by atoms with Crippen LogP contribution in [0.2, 0.25) is 5.15 Å². The van der Waals surface area contributed by atoms with E-state index in [1.165, 1.54) is 24.8 Å². The largest absolute Gasteiger partial charge is 0.314 e. The molecule has 2 fully saturated rings. The fraction of sp³-hybridized carbons (Fsp3) is 0.643. The Hall–Kier alpha value is -0.0600. The topological polar surface area (TPSA) is 28.2 Å². The molecule has 1 saturated heterocycles. The third-order valence-electron chi connectivity index (χ3n) is 3.98. The molecule has 114 valence electrons. The second kappa shape index (κ2) is 8.40. The van der Waals surface area contributed by atoms with Gasteiger partial charge in [-0.05, 0) is 24.0 Å². The second-order valence-electron chi connectivity index (χ2n) is 5.40. The number of nitrogens with one attached hydrogen (secondary N) is 1. The highest BCUT2D eigenvalue weighted by molar-refractivity contribution is 6.29. The van der Waals surface area contributed by atoms with Crippen LogP contribution >= 0.6 is 36.4 Å². The van der Waals surface area contributed by atoms with Crippen molar-refractivity contribution in [2.75, 3.05) is 26.2 Å². The summed E-state index contributed by atoms with van der Waals surface area (Å²) in [7, 11) is 0. The van der Waals surface area contributed by atoms with Gasteiger partial charge in [-0.15, -0.1) is 24.8 Å². The standard InChI is InChI=1S/C14H20ClN3.2ClH/c15-14-4-3-12(10-17-14)13(9-11-1-2-11)18-7-5-16-6-8-18;;/h3-4,10-11,13,16H,1-2,5-9H2;2*1H/t13-;;/m1../s1. The second-order valence-corrected chi connectivity index (χ2v) is 5.78. The fourth-order valence-electron chi connectivity index (χ4n) is 2.74. The number of hydrogen-bond donors (Lipinski definition) is 1. The first kappa shape index (κ1) is 18.0. The van der Waals surface area contributed by atoms with Crippen molar-refractivity contribution in [3.8, 4) is 0 Å². The number of piperazine rings is 1. The Balaban J connectivity index is 0.000001000. The van der Waals surface area contributed by atoms with Crippen molar-refractivity contribution in [3.05, 3.63) is 29.0 Å². The highest BCUT2D eigenvalue weighted by Crippen LogP contribution is 2.40.